The Morgan fingerprint density at radius 3 is 2.04 bits per heavy atom. The smallest absolute Gasteiger partial charge is 0.333 e. The molecule has 4 aliphatic carbocycles. The molecule has 9 heteroatoms. The summed E-state index contributed by atoms with van der Waals surface area (Å²) in [7, 11) is -2.04. The van der Waals surface area contributed by atoms with Crippen molar-refractivity contribution in [3.63, 3.8) is 0 Å². The van der Waals surface area contributed by atoms with Crippen LogP contribution in [0.5, 0.6) is 5.75 Å². The zero-order valence-electron chi connectivity index (χ0n) is 30.3. The summed E-state index contributed by atoms with van der Waals surface area (Å²) in [5.74, 6) is 0.528. The number of esters is 1. The van der Waals surface area contributed by atoms with E-state index in [1.165, 1.54) is 12.8 Å². The molecule has 0 N–H and O–H groups in total. The Bertz CT molecular complexity index is 1610. The average Bonchev–Trinajstić information content (AvgIpc) is 3.47. The van der Waals surface area contributed by atoms with Crippen LogP contribution in [0.3, 0.4) is 0 Å². The number of likely N-dealkylation sites (tertiary alicyclic amines) is 1. The highest BCUT2D eigenvalue weighted by atomic mass is 32.2. The van der Waals surface area contributed by atoms with Gasteiger partial charge in [0.2, 0.25) is 15.9 Å². The third-order valence-electron chi connectivity index (χ3n) is 13.7. The highest BCUT2D eigenvalue weighted by molar-refractivity contribution is 7.89. The molecule has 4 saturated carbocycles. The molecule has 2 aromatic rings. The van der Waals surface area contributed by atoms with E-state index in [0.717, 1.165) is 81.1 Å². The molecular weight excluding hydrogens is 649 g/mol. The predicted molar refractivity (Wildman–Crippen MR) is 194 cm³/mol. The molecule has 50 heavy (non-hydrogen) atoms. The van der Waals surface area contributed by atoms with Crippen molar-refractivity contribution in [2.75, 3.05) is 12.9 Å². The molecule has 2 bridgehead atoms. The largest absolute Gasteiger partial charge is 0.497 e. The molecule has 4 atom stereocenters. The van der Waals surface area contributed by atoms with Crippen molar-refractivity contribution in [2.45, 2.75) is 140 Å². The Morgan fingerprint density at radius 2 is 1.48 bits per heavy atom. The third-order valence-corrected chi connectivity index (χ3v) is 15.8. The lowest BCUT2D eigenvalue weighted by atomic mass is 9.69. The minimum absolute atomic E-state index is 0.0224. The van der Waals surface area contributed by atoms with Gasteiger partial charge in [-0.1, -0.05) is 94.8 Å². The van der Waals surface area contributed by atoms with Crippen molar-refractivity contribution in [3.05, 3.63) is 65.7 Å². The predicted octanol–water partition coefficient (Wildman–Crippen LogP) is 7.44. The lowest BCUT2D eigenvalue weighted by Crippen LogP contribution is -2.69. The van der Waals surface area contributed by atoms with Crippen LogP contribution >= 0.6 is 0 Å². The molecule has 272 valence electrons. The van der Waals surface area contributed by atoms with Crippen LogP contribution in [0.4, 0.5) is 0 Å². The monoisotopic (exact) mass is 704 g/mol. The molecule has 0 unspecified atom stereocenters. The fourth-order valence-corrected chi connectivity index (χ4v) is 13.5. The highest BCUT2D eigenvalue weighted by Crippen LogP contribution is 2.67. The van der Waals surface area contributed by atoms with Crippen molar-refractivity contribution >= 4 is 21.9 Å². The fraction of sp³-hybridized carbons (Fsp3) is 0.659. The zero-order chi connectivity index (χ0) is 35.1. The molecule has 1 aliphatic heterocycles. The molecule has 0 radical (unpaired) electrons. The van der Waals surface area contributed by atoms with Gasteiger partial charge in [0.15, 0.2) is 5.54 Å². The molecule has 0 aromatic heterocycles. The van der Waals surface area contributed by atoms with Gasteiger partial charge in [-0.2, -0.15) is 4.31 Å². The molecule has 0 spiro atoms. The van der Waals surface area contributed by atoms with E-state index in [9.17, 15) is 18.0 Å². The van der Waals surface area contributed by atoms with Crippen molar-refractivity contribution in [1.82, 2.24) is 9.21 Å². The minimum atomic E-state index is -3.66. The molecular formula is C41H56N2O6S. The first-order valence-electron chi connectivity index (χ1n) is 19.2. The maximum atomic E-state index is 15.0. The van der Waals surface area contributed by atoms with E-state index in [1.807, 2.05) is 58.9 Å². The Morgan fingerprint density at radius 1 is 0.860 bits per heavy atom. The summed E-state index contributed by atoms with van der Waals surface area (Å²) in [4.78, 5) is 29.8. The van der Waals surface area contributed by atoms with E-state index in [1.54, 1.807) is 12.0 Å². The number of hydrogen-bond donors (Lipinski definition) is 0. The second kappa shape index (κ2) is 13.9. The van der Waals surface area contributed by atoms with E-state index in [-0.39, 0.29) is 48.0 Å². The van der Waals surface area contributed by atoms with E-state index in [0.29, 0.717) is 12.8 Å². The molecule has 8 nitrogen and oxygen atoms in total. The Hall–Kier alpha value is -2.91. The maximum Gasteiger partial charge on any atom is 0.333 e. The maximum absolute atomic E-state index is 15.0. The normalized spacial score (nSPS) is 30.0. The number of benzene rings is 2. The molecule has 1 heterocycles. The summed E-state index contributed by atoms with van der Waals surface area (Å²) in [5, 5.41) is 0. The number of carbonyl (C=O) groups excluding carboxylic acids is 2. The van der Waals surface area contributed by atoms with Gasteiger partial charge in [0, 0.05) is 30.5 Å². The average molecular weight is 705 g/mol. The Labute approximate surface area is 299 Å². The van der Waals surface area contributed by atoms with E-state index in [4.69, 9.17) is 9.47 Å². The number of methoxy groups -OCH3 is 1. The number of β-lactam (4-membered cyclic amide) rings is 1. The molecule has 2 aromatic carbocycles. The van der Waals surface area contributed by atoms with E-state index >= 15 is 0 Å². The second-order valence-electron chi connectivity index (χ2n) is 16.6. The SMILES string of the molecule is COc1ccc(CN2C(=O)C[C@]2(Cc2ccccc2)C(=O)O[C@@H]2C[C@H]3CC[C@]2(CS(=O)(=O)N(C2CCCCC2)C2CCCCC2)C3(C)C)cc1. The molecule has 1 amide bonds. The van der Waals surface area contributed by atoms with Gasteiger partial charge in [-0.3, -0.25) is 4.79 Å². The van der Waals surface area contributed by atoms with Gasteiger partial charge in [-0.05, 0) is 79.5 Å². The number of fused-ring (bicyclic) bond motifs is 2. The van der Waals surface area contributed by atoms with Crippen LogP contribution < -0.4 is 4.74 Å². The number of rotatable bonds is 12. The van der Waals surface area contributed by atoms with Gasteiger partial charge in [-0.15, -0.1) is 0 Å². The first-order chi connectivity index (χ1) is 24.0. The molecule has 7 rings (SSSR count). The van der Waals surface area contributed by atoms with Crippen LogP contribution in [0, 0.1) is 16.7 Å². The van der Waals surface area contributed by atoms with Crippen LogP contribution in [0.2, 0.25) is 0 Å². The summed E-state index contributed by atoms with van der Waals surface area (Å²) in [6, 6.07) is 17.5. The first-order valence-corrected chi connectivity index (χ1v) is 20.8. The lowest BCUT2D eigenvalue weighted by Gasteiger charge is -2.51. The standard InChI is InChI=1S/C41H56N2O6S/c1-39(2)32-23-24-40(39,29-50(46,47)43(33-15-9-5-10-16-33)34-17-11-6-12-18-34)36(25-32)49-38(45)41(26-30-13-7-4-8-14-30)27-37(44)42(41)28-31-19-21-35(48-3)22-20-31/h4,7-8,13-14,19-22,32-34,36H,5-6,9-12,15-18,23-29H2,1-3H3/t32-,36-,40-,41-/m1/s1. The fourth-order valence-electron chi connectivity index (χ4n) is 10.7. The highest BCUT2D eigenvalue weighted by Gasteiger charge is 2.68. The molecule has 1 saturated heterocycles. The zero-order valence-corrected chi connectivity index (χ0v) is 31.1. The minimum Gasteiger partial charge on any atom is -0.497 e. The molecule has 5 aliphatic rings. The number of carbonyl (C=O) groups is 2. The van der Waals surface area contributed by atoms with Crippen LogP contribution in [-0.4, -0.2) is 66.1 Å². The summed E-state index contributed by atoms with van der Waals surface area (Å²) in [6.07, 6.45) is 12.6. The Kier molecular flexibility index (Phi) is 9.87. The number of hydrogen-bond acceptors (Lipinski definition) is 6. The van der Waals surface area contributed by atoms with Gasteiger partial charge in [0.25, 0.3) is 0 Å². The number of nitrogens with zero attached hydrogens (tertiary/aromatic N) is 2. The van der Waals surface area contributed by atoms with Crippen molar-refractivity contribution in [1.29, 1.82) is 0 Å². The topological polar surface area (TPSA) is 93.2 Å². The van der Waals surface area contributed by atoms with Crippen LogP contribution in [0.15, 0.2) is 54.6 Å². The van der Waals surface area contributed by atoms with Gasteiger partial charge in [0.1, 0.15) is 11.9 Å². The van der Waals surface area contributed by atoms with Crippen molar-refractivity contribution in [2.24, 2.45) is 16.7 Å². The second-order valence-corrected chi connectivity index (χ2v) is 18.5. The summed E-state index contributed by atoms with van der Waals surface area (Å²) in [6.45, 7) is 4.70. The van der Waals surface area contributed by atoms with Crippen LogP contribution in [0.1, 0.15) is 115 Å². The van der Waals surface area contributed by atoms with Crippen molar-refractivity contribution in [3.8, 4) is 5.75 Å². The van der Waals surface area contributed by atoms with Crippen LogP contribution in [0.25, 0.3) is 0 Å². The quantitative estimate of drug-likeness (QED) is 0.169. The summed E-state index contributed by atoms with van der Waals surface area (Å²) >= 11 is 0. The van der Waals surface area contributed by atoms with Gasteiger partial charge >= 0.3 is 5.97 Å². The van der Waals surface area contributed by atoms with Gasteiger partial charge < -0.3 is 14.4 Å². The van der Waals surface area contributed by atoms with E-state index in [2.05, 4.69) is 13.8 Å². The van der Waals surface area contributed by atoms with E-state index < -0.39 is 33.1 Å². The van der Waals surface area contributed by atoms with Crippen LogP contribution in [-0.2, 0) is 37.3 Å². The van der Waals surface area contributed by atoms with Gasteiger partial charge in [-0.25, -0.2) is 13.2 Å². The third kappa shape index (κ3) is 6.29. The number of amides is 1. The number of sulfonamides is 1. The Balaban J connectivity index is 1.19. The summed E-state index contributed by atoms with van der Waals surface area (Å²) < 4.78 is 43.9. The van der Waals surface area contributed by atoms with Crippen molar-refractivity contribution < 1.29 is 27.5 Å². The molecule has 5 fully saturated rings. The van der Waals surface area contributed by atoms with Gasteiger partial charge in [0.05, 0.1) is 19.3 Å². The first kappa shape index (κ1) is 35.5. The lowest BCUT2D eigenvalue weighted by molar-refractivity contribution is -0.189. The number of ether oxygens (including phenoxy) is 2. The summed E-state index contributed by atoms with van der Waals surface area (Å²) in [5.41, 5.74) is -0.298.